The van der Waals surface area contributed by atoms with E-state index in [1.165, 1.54) is 12.0 Å². The molecule has 0 radical (unpaired) electrons. The Balaban J connectivity index is 1.89. The van der Waals surface area contributed by atoms with Gasteiger partial charge >= 0.3 is 0 Å². The Kier molecular flexibility index (Phi) is 7.20. The first-order chi connectivity index (χ1) is 10.3. The van der Waals surface area contributed by atoms with Crippen molar-refractivity contribution < 1.29 is 4.74 Å². The van der Waals surface area contributed by atoms with Crippen molar-refractivity contribution in [2.75, 3.05) is 32.8 Å². The highest BCUT2D eigenvalue weighted by Crippen LogP contribution is 2.17. The Morgan fingerprint density at radius 2 is 2.05 bits per heavy atom. The zero-order valence-electron chi connectivity index (χ0n) is 13.6. The molecule has 1 N–H and O–H groups in total. The molecule has 0 saturated carbocycles. The Hall–Kier alpha value is -0.900. The van der Waals surface area contributed by atoms with Gasteiger partial charge in [-0.25, -0.2) is 0 Å². The summed E-state index contributed by atoms with van der Waals surface area (Å²) in [6.45, 7) is 10.6. The zero-order valence-corrected chi connectivity index (χ0v) is 13.6. The van der Waals surface area contributed by atoms with E-state index in [9.17, 15) is 0 Å². The molecular weight excluding hydrogens is 260 g/mol. The van der Waals surface area contributed by atoms with Crippen LogP contribution in [0.2, 0.25) is 0 Å². The highest BCUT2D eigenvalue weighted by Gasteiger charge is 2.26. The molecule has 3 nitrogen and oxygen atoms in total. The predicted octanol–water partition coefficient (Wildman–Crippen LogP) is 2.91. The van der Waals surface area contributed by atoms with Crippen molar-refractivity contribution in [3.05, 3.63) is 35.9 Å². The minimum Gasteiger partial charge on any atom is -0.381 e. The van der Waals surface area contributed by atoms with Crippen LogP contribution in [0.3, 0.4) is 0 Å². The molecule has 0 bridgehead atoms. The second-order valence-corrected chi connectivity index (χ2v) is 6.00. The first kappa shape index (κ1) is 16.5. The van der Waals surface area contributed by atoms with Crippen LogP contribution in [0.5, 0.6) is 0 Å². The van der Waals surface area contributed by atoms with Crippen molar-refractivity contribution in [1.29, 1.82) is 0 Å². The molecule has 1 saturated heterocycles. The van der Waals surface area contributed by atoms with Crippen LogP contribution in [0.15, 0.2) is 30.3 Å². The van der Waals surface area contributed by atoms with Gasteiger partial charge in [-0.15, -0.1) is 0 Å². The van der Waals surface area contributed by atoms with Gasteiger partial charge in [-0.05, 0) is 31.5 Å². The van der Waals surface area contributed by atoms with Crippen LogP contribution < -0.4 is 5.32 Å². The molecule has 2 rings (SSSR count). The molecule has 1 aliphatic heterocycles. The third-order valence-corrected chi connectivity index (χ3v) is 4.32. The molecule has 1 aromatic rings. The fourth-order valence-electron chi connectivity index (χ4n) is 3.05. The summed E-state index contributed by atoms with van der Waals surface area (Å²) in [5.41, 5.74) is 1.40. The molecule has 3 heteroatoms. The zero-order chi connectivity index (χ0) is 14.9. The van der Waals surface area contributed by atoms with E-state index < -0.39 is 0 Å². The van der Waals surface area contributed by atoms with E-state index >= 15 is 0 Å². The molecule has 1 aromatic carbocycles. The van der Waals surface area contributed by atoms with Gasteiger partial charge in [0.15, 0.2) is 0 Å². The maximum Gasteiger partial charge on any atom is 0.0521 e. The van der Waals surface area contributed by atoms with Crippen molar-refractivity contribution >= 4 is 0 Å². The summed E-state index contributed by atoms with van der Waals surface area (Å²) < 4.78 is 5.72. The van der Waals surface area contributed by atoms with Crippen LogP contribution in [-0.2, 0) is 11.3 Å². The predicted molar refractivity (Wildman–Crippen MR) is 88.4 cm³/mol. The molecule has 1 aliphatic rings. The van der Waals surface area contributed by atoms with Crippen molar-refractivity contribution in [3.63, 3.8) is 0 Å². The summed E-state index contributed by atoms with van der Waals surface area (Å²) in [6, 6.07) is 11.4. The molecule has 2 unspecified atom stereocenters. The maximum atomic E-state index is 5.72. The second-order valence-electron chi connectivity index (χ2n) is 6.00. The summed E-state index contributed by atoms with van der Waals surface area (Å²) in [6.07, 6.45) is 2.35. The van der Waals surface area contributed by atoms with Gasteiger partial charge in [0.25, 0.3) is 0 Å². The maximum absolute atomic E-state index is 5.72. The van der Waals surface area contributed by atoms with Crippen LogP contribution >= 0.6 is 0 Å². The normalized spacial score (nSPS) is 22.6. The van der Waals surface area contributed by atoms with Gasteiger partial charge in [-0.2, -0.15) is 0 Å². The minimum absolute atomic E-state index is 0.606. The second kappa shape index (κ2) is 9.19. The van der Waals surface area contributed by atoms with Crippen LogP contribution in [0.25, 0.3) is 0 Å². The van der Waals surface area contributed by atoms with Crippen LogP contribution in [0, 0.1) is 5.92 Å². The lowest BCUT2D eigenvalue weighted by Gasteiger charge is -2.35. The summed E-state index contributed by atoms with van der Waals surface area (Å²) in [5.74, 6) is 0.606. The SMILES string of the molecule is CCCNC1CCOCC1CN(CC)Cc1ccccc1. The number of nitrogens with zero attached hydrogens (tertiary/aromatic N) is 1. The molecule has 0 aliphatic carbocycles. The average molecular weight is 290 g/mol. The van der Waals surface area contributed by atoms with Crippen molar-refractivity contribution in [2.24, 2.45) is 5.92 Å². The molecule has 0 aromatic heterocycles. The van der Waals surface area contributed by atoms with Gasteiger partial charge in [-0.1, -0.05) is 44.2 Å². The molecule has 1 heterocycles. The molecule has 2 atom stereocenters. The lowest BCUT2D eigenvalue weighted by Crippen LogP contribution is -2.47. The fourth-order valence-corrected chi connectivity index (χ4v) is 3.05. The van der Waals surface area contributed by atoms with Crippen LogP contribution in [0.1, 0.15) is 32.3 Å². The molecular formula is C18H30N2O. The number of ether oxygens (including phenoxy) is 1. The summed E-state index contributed by atoms with van der Waals surface area (Å²) >= 11 is 0. The van der Waals surface area contributed by atoms with Gasteiger partial charge in [0, 0.05) is 31.7 Å². The smallest absolute Gasteiger partial charge is 0.0521 e. The Morgan fingerprint density at radius 1 is 1.24 bits per heavy atom. The topological polar surface area (TPSA) is 24.5 Å². The summed E-state index contributed by atoms with van der Waals surface area (Å²) in [5, 5.41) is 3.71. The quantitative estimate of drug-likeness (QED) is 0.797. The Labute approximate surface area is 129 Å². The number of nitrogens with one attached hydrogen (secondary N) is 1. The first-order valence-electron chi connectivity index (χ1n) is 8.40. The van der Waals surface area contributed by atoms with E-state index in [0.717, 1.165) is 45.8 Å². The lowest BCUT2D eigenvalue weighted by molar-refractivity contribution is 0.0161. The van der Waals surface area contributed by atoms with Gasteiger partial charge in [0.05, 0.1) is 6.61 Å². The van der Waals surface area contributed by atoms with E-state index in [2.05, 4.69) is 54.4 Å². The molecule has 118 valence electrons. The number of hydrogen-bond acceptors (Lipinski definition) is 3. The molecule has 0 amide bonds. The largest absolute Gasteiger partial charge is 0.381 e. The highest BCUT2D eigenvalue weighted by molar-refractivity contribution is 5.14. The van der Waals surface area contributed by atoms with Gasteiger partial charge in [0.1, 0.15) is 0 Å². The summed E-state index contributed by atoms with van der Waals surface area (Å²) in [4.78, 5) is 2.54. The Bertz CT molecular complexity index is 382. The monoisotopic (exact) mass is 290 g/mol. The molecule has 0 spiro atoms. The lowest BCUT2D eigenvalue weighted by atomic mass is 9.94. The third-order valence-electron chi connectivity index (χ3n) is 4.32. The van der Waals surface area contributed by atoms with Gasteiger partial charge in [0.2, 0.25) is 0 Å². The summed E-state index contributed by atoms with van der Waals surface area (Å²) in [7, 11) is 0. The number of rotatable bonds is 8. The minimum atomic E-state index is 0.606. The van der Waals surface area contributed by atoms with Gasteiger partial charge < -0.3 is 10.1 Å². The van der Waals surface area contributed by atoms with E-state index in [4.69, 9.17) is 4.74 Å². The van der Waals surface area contributed by atoms with Crippen LogP contribution in [0.4, 0.5) is 0 Å². The van der Waals surface area contributed by atoms with Gasteiger partial charge in [-0.3, -0.25) is 4.90 Å². The van der Waals surface area contributed by atoms with Crippen molar-refractivity contribution in [3.8, 4) is 0 Å². The third kappa shape index (κ3) is 5.42. The Morgan fingerprint density at radius 3 is 2.76 bits per heavy atom. The molecule has 21 heavy (non-hydrogen) atoms. The van der Waals surface area contributed by atoms with Crippen LogP contribution in [-0.4, -0.2) is 43.8 Å². The van der Waals surface area contributed by atoms with E-state index in [0.29, 0.717) is 12.0 Å². The molecule has 1 fully saturated rings. The standard InChI is InChI=1S/C18H30N2O/c1-3-11-19-18-10-12-21-15-17(18)14-20(4-2)13-16-8-6-5-7-9-16/h5-9,17-19H,3-4,10-15H2,1-2H3. The highest BCUT2D eigenvalue weighted by atomic mass is 16.5. The van der Waals surface area contributed by atoms with Crippen molar-refractivity contribution in [1.82, 2.24) is 10.2 Å². The number of hydrogen-bond donors (Lipinski definition) is 1. The fraction of sp³-hybridized carbons (Fsp3) is 0.667. The van der Waals surface area contributed by atoms with E-state index in [-0.39, 0.29) is 0 Å². The first-order valence-corrected chi connectivity index (χ1v) is 8.40. The van der Waals surface area contributed by atoms with E-state index in [1.807, 2.05) is 0 Å². The van der Waals surface area contributed by atoms with E-state index in [1.54, 1.807) is 0 Å². The average Bonchev–Trinajstić information content (AvgIpc) is 2.54. The number of benzene rings is 1. The van der Waals surface area contributed by atoms with Crippen molar-refractivity contribution in [2.45, 2.75) is 39.3 Å².